The van der Waals surface area contributed by atoms with E-state index in [0.717, 1.165) is 5.92 Å². The third-order valence-electron chi connectivity index (χ3n) is 1.62. The molecule has 0 aliphatic heterocycles. The molecule has 0 bridgehead atoms. The van der Waals surface area contributed by atoms with Crippen LogP contribution < -0.4 is 0 Å². The maximum Gasteiger partial charge on any atom is 0 e. The molecule has 0 spiro atoms. The molecule has 60 valence electrons. The third-order valence-corrected chi connectivity index (χ3v) is 1.62. The Bertz CT molecular complexity index is 198. The topological polar surface area (TPSA) is 0 Å². The molecule has 0 atom stereocenters. The van der Waals surface area contributed by atoms with E-state index in [4.69, 9.17) is 0 Å². The Kier molecular flexibility index (Phi) is 5.09. The fourth-order valence-electron chi connectivity index (χ4n) is 1.23. The SMILES string of the molecule is Cc1cc[c-](CC(C)C)c1.[Zr]. The molecule has 0 radical (unpaired) electrons. The number of hydrogen-bond donors (Lipinski definition) is 0. The molecule has 0 unspecified atom stereocenters. The first-order valence-electron chi connectivity index (χ1n) is 3.90. The summed E-state index contributed by atoms with van der Waals surface area (Å²) in [6.45, 7) is 6.65. The zero-order chi connectivity index (χ0) is 7.56. The van der Waals surface area contributed by atoms with Crippen LogP contribution in [0.25, 0.3) is 0 Å². The van der Waals surface area contributed by atoms with Crippen LogP contribution in [0.1, 0.15) is 25.0 Å². The molecule has 11 heavy (non-hydrogen) atoms. The predicted octanol–water partition coefficient (Wildman–Crippen LogP) is 2.91. The van der Waals surface area contributed by atoms with E-state index in [1.165, 1.54) is 17.5 Å². The molecule has 0 aliphatic carbocycles. The molecule has 0 aromatic heterocycles. The monoisotopic (exact) mass is 225 g/mol. The summed E-state index contributed by atoms with van der Waals surface area (Å²) in [7, 11) is 0. The fourth-order valence-corrected chi connectivity index (χ4v) is 1.23. The van der Waals surface area contributed by atoms with E-state index in [1.807, 2.05) is 0 Å². The smallest absolute Gasteiger partial charge is 0 e. The Balaban J connectivity index is 0.000001000. The van der Waals surface area contributed by atoms with Crippen LogP contribution in [0.2, 0.25) is 0 Å². The average Bonchev–Trinajstić information content (AvgIpc) is 2.13. The van der Waals surface area contributed by atoms with Crippen LogP contribution in [0.3, 0.4) is 0 Å². The Morgan fingerprint density at radius 3 is 2.45 bits per heavy atom. The summed E-state index contributed by atoms with van der Waals surface area (Å²) in [4.78, 5) is 0. The molecule has 0 heterocycles. The maximum atomic E-state index is 2.26. The van der Waals surface area contributed by atoms with Crippen molar-refractivity contribution in [2.45, 2.75) is 27.2 Å². The Labute approximate surface area is 88.5 Å². The minimum atomic E-state index is 0. The first-order valence-corrected chi connectivity index (χ1v) is 3.90. The third kappa shape index (κ3) is 3.96. The fraction of sp³-hybridized carbons (Fsp3) is 0.500. The summed E-state index contributed by atoms with van der Waals surface area (Å²) in [5, 5.41) is 0. The molecule has 1 heteroatoms. The first kappa shape index (κ1) is 11.2. The van der Waals surface area contributed by atoms with Crippen molar-refractivity contribution >= 4 is 0 Å². The van der Waals surface area contributed by atoms with E-state index in [1.54, 1.807) is 0 Å². The summed E-state index contributed by atoms with van der Waals surface area (Å²) in [5.74, 6) is 0.779. The van der Waals surface area contributed by atoms with Crippen LogP contribution in [0.5, 0.6) is 0 Å². The van der Waals surface area contributed by atoms with E-state index in [9.17, 15) is 0 Å². The van der Waals surface area contributed by atoms with Crippen LogP contribution in [-0.2, 0) is 32.6 Å². The van der Waals surface area contributed by atoms with Gasteiger partial charge < -0.3 is 0 Å². The van der Waals surface area contributed by atoms with Crippen LogP contribution in [0.4, 0.5) is 0 Å². The number of rotatable bonds is 2. The minimum Gasteiger partial charge on any atom is -0.211 e. The molecule has 0 amide bonds. The maximum absolute atomic E-state index is 2.26. The van der Waals surface area contributed by atoms with Crippen LogP contribution in [0, 0.1) is 12.8 Å². The molecule has 0 nitrogen and oxygen atoms in total. The van der Waals surface area contributed by atoms with Crippen molar-refractivity contribution in [3.8, 4) is 0 Å². The molecule has 0 aliphatic rings. The quantitative estimate of drug-likeness (QED) is 0.680. The molecule has 0 saturated heterocycles. The van der Waals surface area contributed by atoms with Gasteiger partial charge in [-0.15, -0.1) is 0 Å². The second-order valence-corrected chi connectivity index (χ2v) is 3.39. The van der Waals surface area contributed by atoms with E-state index >= 15 is 0 Å². The second-order valence-electron chi connectivity index (χ2n) is 3.39. The van der Waals surface area contributed by atoms with E-state index < -0.39 is 0 Å². The summed E-state index contributed by atoms with van der Waals surface area (Å²) >= 11 is 0. The summed E-state index contributed by atoms with van der Waals surface area (Å²) in [6.07, 6.45) is 1.22. The zero-order valence-corrected chi connectivity index (χ0v) is 9.97. The van der Waals surface area contributed by atoms with Crippen molar-refractivity contribution in [2.75, 3.05) is 0 Å². The van der Waals surface area contributed by atoms with Gasteiger partial charge in [-0.25, -0.2) is 11.6 Å². The van der Waals surface area contributed by atoms with E-state index in [0.29, 0.717) is 0 Å². The molecular weight excluding hydrogens is 211 g/mol. The summed E-state index contributed by atoms with van der Waals surface area (Å²) in [5.41, 5.74) is 2.86. The average molecular weight is 226 g/mol. The second kappa shape index (κ2) is 4.98. The van der Waals surface area contributed by atoms with Gasteiger partial charge in [-0.1, -0.05) is 33.1 Å². The normalized spacial score (nSPS) is 9.82. The van der Waals surface area contributed by atoms with Crippen molar-refractivity contribution in [2.24, 2.45) is 5.92 Å². The molecule has 0 fully saturated rings. The Morgan fingerprint density at radius 1 is 1.45 bits per heavy atom. The standard InChI is InChI=1S/C10H15.Zr/c1-8(2)6-10-5-4-9(3)7-10;/h4-5,7-8H,6H2,1-3H3;/q-1;. The van der Waals surface area contributed by atoms with Gasteiger partial charge in [0.1, 0.15) is 0 Å². The predicted molar refractivity (Wildman–Crippen MR) is 45.3 cm³/mol. The molecule has 1 aromatic carbocycles. The van der Waals surface area contributed by atoms with Crippen molar-refractivity contribution in [3.63, 3.8) is 0 Å². The number of aryl methyl sites for hydroxylation is 1. The van der Waals surface area contributed by atoms with Gasteiger partial charge in [-0.3, -0.25) is 0 Å². The van der Waals surface area contributed by atoms with Gasteiger partial charge in [0.15, 0.2) is 0 Å². The summed E-state index contributed by atoms with van der Waals surface area (Å²) in [6, 6.07) is 6.66. The Hall–Kier alpha value is 0.233. The van der Waals surface area contributed by atoms with E-state index in [2.05, 4.69) is 39.0 Å². The van der Waals surface area contributed by atoms with Crippen LogP contribution in [-0.4, -0.2) is 0 Å². The van der Waals surface area contributed by atoms with Crippen LogP contribution >= 0.6 is 0 Å². The van der Waals surface area contributed by atoms with Crippen molar-refractivity contribution in [3.05, 3.63) is 29.3 Å². The van der Waals surface area contributed by atoms with Crippen LogP contribution in [0.15, 0.2) is 18.2 Å². The van der Waals surface area contributed by atoms with Crippen molar-refractivity contribution < 1.29 is 26.2 Å². The van der Waals surface area contributed by atoms with Gasteiger partial charge in [0, 0.05) is 26.2 Å². The summed E-state index contributed by atoms with van der Waals surface area (Å²) < 4.78 is 0. The minimum absolute atomic E-state index is 0. The molecule has 1 rings (SSSR count). The molecule has 0 saturated carbocycles. The van der Waals surface area contributed by atoms with Gasteiger partial charge in [-0.05, 0) is 0 Å². The molecular formula is C10H15Zr-. The first-order chi connectivity index (χ1) is 4.68. The van der Waals surface area contributed by atoms with Gasteiger partial charge in [0.05, 0.1) is 0 Å². The Morgan fingerprint density at radius 2 is 2.09 bits per heavy atom. The van der Waals surface area contributed by atoms with E-state index in [-0.39, 0.29) is 26.2 Å². The van der Waals surface area contributed by atoms with Gasteiger partial charge >= 0.3 is 0 Å². The molecule has 0 N–H and O–H groups in total. The van der Waals surface area contributed by atoms with Crippen molar-refractivity contribution in [1.29, 1.82) is 0 Å². The van der Waals surface area contributed by atoms with Gasteiger partial charge in [-0.2, -0.15) is 17.7 Å². The van der Waals surface area contributed by atoms with Gasteiger partial charge in [0.2, 0.25) is 0 Å². The number of hydrogen-bond acceptors (Lipinski definition) is 0. The van der Waals surface area contributed by atoms with Gasteiger partial charge in [0.25, 0.3) is 0 Å². The molecule has 1 aromatic rings. The largest absolute Gasteiger partial charge is 0.211 e. The zero-order valence-electron chi connectivity index (χ0n) is 7.52. The van der Waals surface area contributed by atoms with Crippen molar-refractivity contribution in [1.82, 2.24) is 0 Å².